The van der Waals surface area contributed by atoms with Crippen LogP contribution in [-0.4, -0.2) is 4.98 Å². The van der Waals surface area contributed by atoms with Crippen LogP contribution in [0.2, 0.25) is 0 Å². The Morgan fingerprint density at radius 1 is 1.18 bits per heavy atom. The van der Waals surface area contributed by atoms with Crippen LogP contribution in [0, 0.1) is 0 Å². The van der Waals surface area contributed by atoms with Gasteiger partial charge >= 0.3 is 0 Å². The van der Waals surface area contributed by atoms with Crippen LogP contribution in [0.4, 0.5) is 0 Å². The fourth-order valence-electron chi connectivity index (χ4n) is 1.05. The Morgan fingerprint density at radius 2 is 2.00 bits per heavy atom. The highest BCUT2D eigenvalue weighted by molar-refractivity contribution is 5.11. The lowest BCUT2D eigenvalue weighted by molar-refractivity contribution is 0.590. The Labute approximate surface area is 65.2 Å². The second-order valence-electron chi connectivity index (χ2n) is 2.35. The van der Waals surface area contributed by atoms with Crippen molar-refractivity contribution in [1.29, 1.82) is 0 Å². The van der Waals surface area contributed by atoms with E-state index in [9.17, 15) is 0 Å². The van der Waals surface area contributed by atoms with Crippen molar-refractivity contribution in [2.75, 3.05) is 0 Å². The first-order chi connectivity index (χ1) is 5.47. The summed E-state index contributed by atoms with van der Waals surface area (Å²) in [4.78, 5) is 4.20. The maximum atomic E-state index is 4.20. The normalized spacial score (nSPS) is 16.0. The van der Waals surface area contributed by atoms with E-state index >= 15 is 0 Å². The first kappa shape index (κ1) is 6.22. The van der Waals surface area contributed by atoms with E-state index in [0.29, 0.717) is 0 Å². The smallest absolute Gasteiger partial charge is 0.140 e. The fraction of sp³-hybridized carbons (Fsp3) is 0.125. The van der Waals surface area contributed by atoms with Crippen LogP contribution >= 0.6 is 0 Å². The largest absolute Gasteiger partial charge is 0.365 e. The molecule has 2 heterocycles. The Morgan fingerprint density at radius 3 is 2.64 bits per heavy atom. The summed E-state index contributed by atoms with van der Waals surface area (Å²) >= 11 is 0. The van der Waals surface area contributed by atoms with Crippen LogP contribution in [0.5, 0.6) is 0 Å². The van der Waals surface area contributed by atoms with E-state index < -0.39 is 0 Å². The quantitative estimate of drug-likeness (QED) is 0.615. The second kappa shape index (κ2) is 2.62. The maximum absolute atomic E-state index is 4.20. The molecule has 2 N–H and O–H groups in total. The third kappa shape index (κ3) is 1.17. The second-order valence-corrected chi connectivity index (χ2v) is 2.35. The van der Waals surface area contributed by atoms with Gasteiger partial charge in [-0.3, -0.25) is 4.98 Å². The molecule has 0 atom stereocenters. The van der Waals surface area contributed by atoms with Crippen LogP contribution in [0.1, 0.15) is 11.9 Å². The van der Waals surface area contributed by atoms with Crippen LogP contribution in [0.25, 0.3) is 0 Å². The molecule has 0 aromatic carbocycles. The van der Waals surface area contributed by atoms with Crippen molar-refractivity contribution in [3.63, 3.8) is 0 Å². The lowest BCUT2D eigenvalue weighted by Gasteiger charge is -2.10. The van der Waals surface area contributed by atoms with Crippen LogP contribution in [0.3, 0.4) is 0 Å². The summed E-state index contributed by atoms with van der Waals surface area (Å²) in [5.41, 5.74) is 1.01. The number of rotatable bonds is 1. The summed E-state index contributed by atoms with van der Waals surface area (Å²) in [6.07, 6.45) is 5.69. The minimum absolute atomic E-state index is 0.149. The zero-order chi connectivity index (χ0) is 7.52. The van der Waals surface area contributed by atoms with Crippen molar-refractivity contribution in [2.45, 2.75) is 6.17 Å². The van der Waals surface area contributed by atoms with Crippen molar-refractivity contribution < 1.29 is 0 Å². The molecule has 0 fully saturated rings. The van der Waals surface area contributed by atoms with E-state index in [1.165, 1.54) is 0 Å². The molecule has 56 valence electrons. The molecule has 0 saturated heterocycles. The van der Waals surface area contributed by atoms with Gasteiger partial charge in [0.2, 0.25) is 0 Å². The zero-order valence-corrected chi connectivity index (χ0v) is 5.99. The van der Waals surface area contributed by atoms with Gasteiger partial charge in [0.1, 0.15) is 6.17 Å². The van der Waals surface area contributed by atoms with E-state index in [1.807, 2.05) is 30.6 Å². The maximum Gasteiger partial charge on any atom is 0.140 e. The molecular weight excluding hydrogens is 138 g/mol. The molecule has 1 aliphatic rings. The standard InChI is InChI=1S/C8H9N3/c1-2-4-9-7(3-1)8-10-5-6-11-8/h1-6,8,10-11H. The lowest BCUT2D eigenvalue weighted by Crippen LogP contribution is -2.21. The van der Waals surface area contributed by atoms with Crippen molar-refractivity contribution in [3.05, 3.63) is 42.5 Å². The first-order valence-electron chi connectivity index (χ1n) is 3.55. The van der Waals surface area contributed by atoms with Gasteiger partial charge in [-0.25, -0.2) is 0 Å². The number of hydrogen-bond acceptors (Lipinski definition) is 3. The van der Waals surface area contributed by atoms with E-state index in [-0.39, 0.29) is 6.17 Å². The van der Waals surface area contributed by atoms with Gasteiger partial charge in [-0.1, -0.05) is 6.07 Å². The highest BCUT2D eigenvalue weighted by atomic mass is 15.2. The molecule has 0 unspecified atom stereocenters. The Kier molecular flexibility index (Phi) is 1.48. The van der Waals surface area contributed by atoms with Crippen LogP contribution in [-0.2, 0) is 0 Å². The predicted octanol–water partition coefficient (Wildman–Crippen LogP) is 0.744. The Hall–Kier alpha value is -1.51. The molecule has 1 aliphatic heterocycles. The molecule has 0 amide bonds. The van der Waals surface area contributed by atoms with Gasteiger partial charge in [-0.05, 0) is 12.1 Å². The lowest BCUT2D eigenvalue weighted by atomic mass is 10.3. The average Bonchev–Trinajstić information content (AvgIpc) is 2.58. The molecule has 0 saturated carbocycles. The van der Waals surface area contributed by atoms with Gasteiger partial charge < -0.3 is 10.6 Å². The molecule has 2 rings (SSSR count). The number of aromatic nitrogens is 1. The van der Waals surface area contributed by atoms with Gasteiger partial charge in [-0.15, -0.1) is 0 Å². The molecule has 0 radical (unpaired) electrons. The number of nitrogens with zero attached hydrogens (tertiary/aromatic N) is 1. The van der Waals surface area contributed by atoms with Crippen LogP contribution < -0.4 is 10.6 Å². The van der Waals surface area contributed by atoms with Gasteiger partial charge in [-0.2, -0.15) is 0 Å². The molecule has 0 spiro atoms. The molecule has 3 heteroatoms. The molecule has 0 aliphatic carbocycles. The van der Waals surface area contributed by atoms with E-state index in [4.69, 9.17) is 0 Å². The summed E-state index contributed by atoms with van der Waals surface area (Å²) in [5.74, 6) is 0. The average molecular weight is 147 g/mol. The number of hydrogen-bond donors (Lipinski definition) is 2. The molecule has 1 aromatic rings. The highest BCUT2D eigenvalue weighted by Crippen LogP contribution is 2.07. The Balaban J connectivity index is 2.17. The van der Waals surface area contributed by atoms with Crippen molar-refractivity contribution in [2.24, 2.45) is 0 Å². The van der Waals surface area contributed by atoms with E-state index in [0.717, 1.165) is 5.69 Å². The van der Waals surface area contributed by atoms with E-state index in [2.05, 4.69) is 15.6 Å². The SMILES string of the molecule is C1=CNC(c2ccccn2)N1. The summed E-state index contributed by atoms with van der Waals surface area (Å²) in [6.45, 7) is 0. The Bertz CT molecular complexity index is 247. The molecule has 11 heavy (non-hydrogen) atoms. The number of pyridine rings is 1. The van der Waals surface area contributed by atoms with Crippen molar-refractivity contribution in [1.82, 2.24) is 15.6 Å². The third-order valence-electron chi connectivity index (χ3n) is 1.59. The zero-order valence-electron chi connectivity index (χ0n) is 5.99. The molecule has 3 nitrogen and oxygen atoms in total. The van der Waals surface area contributed by atoms with Crippen LogP contribution in [0.15, 0.2) is 36.8 Å². The summed E-state index contributed by atoms with van der Waals surface area (Å²) in [5, 5.41) is 6.24. The number of nitrogens with one attached hydrogen (secondary N) is 2. The monoisotopic (exact) mass is 147 g/mol. The highest BCUT2D eigenvalue weighted by Gasteiger charge is 2.10. The van der Waals surface area contributed by atoms with Crippen molar-refractivity contribution >= 4 is 0 Å². The predicted molar refractivity (Wildman–Crippen MR) is 42.4 cm³/mol. The minimum Gasteiger partial charge on any atom is -0.365 e. The van der Waals surface area contributed by atoms with Gasteiger partial charge in [0.25, 0.3) is 0 Å². The molecular formula is C8H9N3. The van der Waals surface area contributed by atoms with Gasteiger partial charge in [0.05, 0.1) is 5.69 Å². The summed E-state index contributed by atoms with van der Waals surface area (Å²) in [6, 6.07) is 5.87. The topological polar surface area (TPSA) is 37.0 Å². The van der Waals surface area contributed by atoms with Crippen molar-refractivity contribution in [3.8, 4) is 0 Å². The first-order valence-corrected chi connectivity index (χ1v) is 3.55. The summed E-state index contributed by atoms with van der Waals surface area (Å²) < 4.78 is 0. The fourth-order valence-corrected chi connectivity index (χ4v) is 1.05. The molecule has 0 bridgehead atoms. The minimum atomic E-state index is 0.149. The van der Waals surface area contributed by atoms with Gasteiger partial charge in [0.15, 0.2) is 0 Å². The van der Waals surface area contributed by atoms with Gasteiger partial charge in [0, 0.05) is 18.6 Å². The third-order valence-corrected chi connectivity index (χ3v) is 1.59. The summed E-state index contributed by atoms with van der Waals surface area (Å²) in [7, 11) is 0. The van der Waals surface area contributed by atoms with E-state index in [1.54, 1.807) is 6.20 Å². The molecule has 1 aromatic heterocycles.